The van der Waals surface area contributed by atoms with Crippen LogP contribution in [0.1, 0.15) is 40.0 Å². The summed E-state index contributed by atoms with van der Waals surface area (Å²) in [7, 11) is 1.59. The zero-order valence-electron chi connectivity index (χ0n) is 16.4. The molecule has 0 aliphatic heterocycles. The van der Waals surface area contributed by atoms with Crippen molar-refractivity contribution in [2.75, 3.05) is 7.11 Å². The molecule has 4 rings (SSSR count). The van der Waals surface area contributed by atoms with Gasteiger partial charge in [0.1, 0.15) is 11.8 Å². The van der Waals surface area contributed by atoms with E-state index in [2.05, 4.69) is 21.0 Å². The Kier molecular flexibility index (Phi) is 5.72. The van der Waals surface area contributed by atoms with Crippen molar-refractivity contribution >= 4 is 0 Å². The number of methoxy groups -OCH3 is 1. The molecule has 0 amide bonds. The lowest BCUT2D eigenvalue weighted by Gasteiger charge is -2.27. The van der Waals surface area contributed by atoms with Crippen LogP contribution in [0.3, 0.4) is 0 Å². The van der Waals surface area contributed by atoms with Crippen molar-refractivity contribution in [3.8, 4) is 11.9 Å². The molecule has 0 saturated carbocycles. The van der Waals surface area contributed by atoms with Crippen LogP contribution in [0.15, 0.2) is 85.5 Å². The quantitative estimate of drug-likeness (QED) is 0.490. The first-order chi connectivity index (χ1) is 14.8. The maximum absolute atomic E-state index is 9.40. The van der Waals surface area contributed by atoms with E-state index in [1.165, 1.54) is 0 Å². The van der Waals surface area contributed by atoms with E-state index in [9.17, 15) is 5.26 Å². The van der Waals surface area contributed by atoms with Gasteiger partial charge < -0.3 is 4.74 Å². The molecule has 6 nitrogen and oxygen atoms in total. The topological polar surface area (TPSA) is 84.6 Å². The third-order valence-electron chi connectivity index (χ3n) is 4.90. The minimum atomic E-state index is -0.276. The fourth-order valence-electron chi connectivity index (χ4n) is 3.59. The third-order valence-corrected chi connectivity index (χ3v) is 4.90. The summed E-state index contributed by atoms with van der Waals surface area (Å²) in [6, 6.07) is 21.2. The largest absolute Gasteiger partial charge is 0.481 e. The molecule has 4 heterocycles. The molecule has 0 radical (unpaired) electrons. The molecule has 0 spiro atoms. The Hall–Kier alpha value is -4.11. The predicted octanol–water partition coefficient (Wildman–Crippen LogP) is 4.11. The average molecular weight is 393 g/mol. The second kappa shape index (κ2) is 8.93. The Morgan fingerprint density at radius 1 is 0.767 bits per heavy atom. The number of nitriles is 1. The highest BCUT2D eigenvalue weighted by molar-refractivity contribution is 5.41. The maximum atomic E-state index is 9.40. The van der Waals surface area contributed by atoms with Crippen LogP contribution in [-0.4, -0.2) is 27.0 Å². The zero-order chi connectivity index (χ0) is 20.8. The fraction of sp³-hybridized carbons (Fsp3) is 0.125. The van der Waals surface area contributed by atoms with Gasteiger partial charge in [-0.3, -0.25) is 9.97 Å². The van der Waals surface area contributed by atoms with Crippen LogP contribution >= 0.6 is 0 Å². The van der Waals surface area contributed by atoms with Gasteiger partial charge in [-0.2, -0.15) is 5.26 Å². The van der Waals surface area contributed by atoms with E-state index < -0.39 is 0 Å². The van der Waals surface area contributed by atoms with Crippen molar-refractivity contribution in [1.29, 1.82) is 5.26 Å². The minimum absolute atomic E-state index is 0.159. The molecule has 0 bridgehead atoms. The van der Waals surface area contributed by atoms with Crippen LogP contribution in [0, 0.1) is 11.3 Å². The molecule has 0 fully saturated rings. The first kappa shape index (κ1) is 19.2. The number of hydrogen-bond acceptors (Lipinski definition) is 6. The normalized spacial score (nSPS) is 11.6. The fourth-order valence-corrected chi connectivity index (χ4v) is 3.59. The summed E-state index contributed by atoms with van der Waals surface area (Å²) in [5, 5.41) is 9.40. The summed E-state index contributed by atoms with van der Waals surface area (Å²) >= 11 is 0. The van der Waals surface area contributed by atoms with Gasteiger partial charge in [-0.25, -0.2) is 9.97 Å². The molecule has 1 atom stereocenters. The highest BCUT2D eigenvalue weighted by atomic mass is 16.5. The van der Waals surface area contributed by atoms with Gasteiger partial charge in [0.15, 0.2) is 0 Å². The molecule has 0 saturated heterocycles. The van der Waals surface area contributed by atoms with Crippen molar-refractivity contribution < 1.29 is 4.74 Å². The molecular weight excluding hydrogens is 374 g/mol. The summed E-state index contributed by atoms with van der Waals surface area (Å²) in [6.45, 7) is 0. The van der Waals surface area contributed by atoms with E-state index in [1.54, 1.807) is 25.6 Å². The first-order valence-electron chi connectivity index (χ1n) is 9.48. The zero-order valence-corrected chi connectivity index (χ0v) is 16.4. The molecule has 1 unspecified atom stereocenters. The highest BCUT2D eigenvalue weighted by Crippen LogP contribution is 2.41. The van der Waals surface area contributed by atoms with Gasteiger partial charge in [-0.05, 0) is 41.5 Å². The molecule has 0 aliphatic carbocycles. The van der Waals surface area contributed by atoms with Crippen LogP contribution in [0.25, 0.3) is 0 Å². The van der Waals surface area contributed by atoms with Crippen LogP contribution in [-0.2, 0) is 0 Å². The monoisotopic (exact) mass is 393 g/mol. The Morgan fingerprint density at radius 2 is 1.40 bits per heavy atom. The van der Waals surface area contributed by atoms with Gasteiger partial charge in [0.2, 0.25) is 5.88 Å². The van der Waals surface area contributed by atoms with Crippen LogP contribution in [0.2, 0.25) is 0 Å². The second-order valence-electron chi connectivity index (χ2n) is 6.69. The van der Waals surface area contributed by atoms with Crippen LogP contribution < -0.4 is 4.74 Å². The van der Waals surface area contributed by atoms with Crippen molar-refractivity contribution in [3.05, 3.63) is 114 Å². The molecule has 4 aromatic rings. The van der Waals surface area contributed by atoms with E-state index in [0.29, 0.717) is 11.6 Å². The summed E-state index contributed by atoms with van der Waals surface area (Å²) in [5.74, 6) is 0.0836. The van der Waals surface area contributed by atoms with Gasteiger partial charge in [0.05, 0.1) is 24.4 Å². The van der Waals surface area contributed by atoms with Crippen molar-refractivity contribution in [2.24, 2.45) is 0 Å². The Labute approximate surface area is 174 Å². The molecular formula is C24H19N5O. The lowest BCUT2D eigenvalue weighted by Crippen LogP contribution is -2.18. The van der Waals surface area contributed by atoms with E-state index in [-0.39, 0.29) is 11.8 Å². The number of pyridine rings is 4. The van der Waals surface area contributed by atoms with Gasteiger partial charge in [-0.15, -0.1) is 0 Å². The van der Waals surface area contributed by atoms with Crippen molar-refractivity contribution in [1.82, 2.24) is 19.9 Å². The van der Waals surface area contributed by atoms with Gasteiger partial charge in [0.25, 0.3) is 0 Å². The Bertz CT molecular complexity index is 1120. The SMILES string of the molecule is COc1cccc(C(c2cccc(C#N)n2)C(c2cccnc2)c2cccnc2)n1. The van der Waals surface area contributed by atoms with Gasteiger partial charge in [0, 0.05) is 36.8 Å². The van der Waals surface area contributed by atoms with Crippen molar-refractivity contribution in [2.45, 2.75) is 11.8 Å². The molecule has 6 heteroatoms. The van der Waals surface area contributed by atoms with E-state index in [1.807, 2.05) is 67.0 Å². The number of rotatable bonds is 6. The van der Waals surface area contributed by atoms with E-state index in [0.717, 1.165) is 22.5 Å². The summed E-state index contributed by atoms with van der Waals surface area (Å²) in [5.41, 5.74) is 3.90. The molecule has 146 valence electrons. The highest BCUT2D eigenvalue weighted by Gasteiger charge is 2.31. The smallest absolute Gasteiger partial charge is 0.213 e. The van der Waals surface area contributed by atoms with E-state index in [4.69, 9.17) is 9.72 Å². The lowest BCUT2D eigenvalue weighted by atomic mass is 9.78. The summed E-state index contributed by atoms with van der Waals surface area (Å²) in [6.07, 6.45) is 7.19. The molecule has 4 aromatic heterocycles. The van der Waals surface area contributed by atoms with Crippen molar-refractivity contribution in [3.63, 3.8) is 0 Å². The number of aromatic nitrogens is 4. The molecule has 0 N–H and O–H groups in total. The van der Waals surface area contributed by atoms with Crippen LogP contribution in [0.4, 0.5) is 0 Å². The Balaban J connectivity index is 1.97. The molecule has 0 aromatic carbocycles. The van der Waals surface area contributed by atoms with Gasteiger partial charge >= 0.3 is 0 Å². The van der Waals surface area contributed by atoms with Gasteiger partial charge in [-0.1, -0.05) is 24.3 Å². The average Bonchev–Trinajstić information content (AvgIpc) is 2.83. The standard InChI is InChI=1S/C24H19N5O/c1-30-22-11-3-10-21(29-22)24(20-9-2-8-19(14-25)28-20)23(17-6-4-12-26-15-17)18-7-5-13-27-16-18/h2-13,15-16,23-24H,1H3. The summed E-state index contributed by atoms with van der Waals surface area (Å²) < 4.78 is 5.37. The van der Waals surface area contributed by atoms with Crippen LogP contribution in [0.5, 0.6) is 5.88 Å². The predicted molar refractivity (Wildman–Crippen MR) is 112 cm³/mol. The number of nitrogens with zero attached hydrogens (tertiary/aromatic N) is 5. The Morgan fingerprint density at radius 3 is 1.97 bits per heavy atom. The van der Waals surface area contributed by atoms with E-state index >= 15 is 0 Å². The molecule has 30 heavy (non-hydrogen) atoms. The first-order valence-corrected chi connectivity index (χ1v) is 9.48. The number of hydrogen-bond donors (Lipinski definition) is 0. The second-order valence-corrected chi connectivity index (χ2v) is 6.69. The molecule has 0 aliphatic rings. The lowest BCUT2D eigenvalue weighted by molar-refractivity contribution is 0.395. The minimum Gasteiger partial charge on any atom is -0.481 e. The maximum Gasteiger partial charge on any atom is 0.213 e. The number of ether oxygens (including phenoxy) is 1. The summed E-state index contributed by atoms with van der Waals surface area (Å²) in [4.78, 5) is 18.0. The third kappa shape index (κ3) is 4.01.